The van der Waals surface area contributed by atoms with E-state index in [1.54, 1.807) is 0 Å². The van der Waals surface area contributed by atoms with Crippen molar-refractivity contribution in [3.05, 3.63) is 17.7 Å². The number of aryl methyl sites for hydroxylation is 2. The van der Waals surface area contributed by atoms with E-state index in [1.807, 2.05) is 0 Å². The molecule has 0 radical (unpaired) electrons. The summed E-state index contributed by atoms with van der Waals surface area (Å²) in [6, 6.07) is 0.833. The molecule has 11 heavy (non-hydrogen) atoms. The van der Waals surface area contributed by atoms with Crippen molar-refractivity contribution in [2.75, 3.05) is 0 Å². The predicted octanol–water partition coefficient (Wildman–Crippen LogP) is 1.70. The Morgan fingerprint density at radius 3 is 3.45 bits per heavy atom. The van der Waals surface area contributed by atoms with E-state index in [-0.39, 0.29) is 0 Å². The molecule has 2 nitrogen and oxygen atoms in total. The third-order valence-corrected chi connectivity index (χ3v) is 2.91. The van der Waals surface area contributed by atoms with Crippen LogP contribution in [-0.4, -0.2) is 9.55 Å². The molecule has 3 rings (SSSR count). The highest BCUT2D eigenvalue weighted by atomic mass is 15.1. The van der Waals surface area contributed by atoms with Crippen LogP contribution in [0.5, 0.6) is 0 Å². The molecule has 0 aromatic carbocycles. The van der Waals surface area contributed by atoms with E-state index in [0.29, 0.717) is 0 Å². The number of aromatic nitrogens is 2. The number of fused-ring (bicyclic) bond motifs is 3. The van der Waals surface area contributed by atoms with Crippen molar-refractivity contribution in [2.24, 2.45) is 5.92 Å². The highest BCUT2D eigenvalue weighted by molar-refractivity contribution is 5.12. The molecule has 0 N–H and O–H groups in total. The molecule has 1 saturated carbocycles. The quantitative estimate of drug-likeness (QED) is 0.547. The fourth-order valence-electron chi connectivity index (χ4n) is 2.24. The fourth-order valence-corrected chi connectivity index (χ4v) is 2.24. The molecule has 1 aliphatic heterocycles. The van der Waals surface area contributed by atoms with Crippen LogP contribution in [0.4, 0.5) is 0 Å². The van der Waals surface area contributed by atoms with E-state index in [0.717, 1.165) is 12.0 Å². The summed E-state index contributed by atoms with van der Waals surface area (Å²) in [7, 11) is 0. The van der Waals surface area contributed by atoms with Crippen LogP contribution in [0.1, 0.15) is 30.4 Å². The van der Waals surface area contributed by atoms with Crippen LogP contribution in [0, 0.1) is 12.8 Å². The van der Waals surface area contributed by atoms with Crippen molar-refractivity contribution in [2.45, 2.75) is 32.2 Å². The van der Waals surface area contributed by atoms with Crippen molar-refractivity contribution in [3.8, 4) is 0 Å². The monoisotopic (exact) mass is 148 g/mol. The zero-order chi connectivity index (χ0) is 7.42. The van der Waals surface area contributed by atoms with Gasteiger partial charge in [-0.1, -0.05) is 0 Å². The summed E-state index contributed by atoms with van der Waals surface area (Å²) >= 11 is 0. The first-order chi connectivity index (χ1) is 5.34. The molecule has 2 unspecified atom stereocenters. The molecule has 1 fully saturated rings. The number of hydrogen-bond donors (Lipinski definition) is 0. The zero-order valence-electron chi connectivity index (χ0n) is 6.75. The third kappa shape index (κ3) is 0.697. The van der Waals surface area contributed by atoms with E-state index in [9.17, 15) is 0 Å². The van der Waals surface area contributed by atoms with Crippen LogP contribution < -0.4 is 0 Å². The largest absolute Gasteiger partial charge is 0.331 e. The first-order valence-electron chi connectivity index (χ1n) is 4.39. The van der Waals surface area contributed by atoms with Gasteiger partial charge in [-0.2, -0.15) is 0 Å². The zero-order valence-corrected chi connectivity index (χ0v) is 6.75. The van der Waals surface area contributed by atoms with Gasteiger partial charge in [0.2, 0.25) is 0 Å². The van der Waals surface area contributed by atoms with Gasteiger partial charge in [0.05, 0.1) is 5.69 Å². The molecule has 2 heteroatoms. The maximum Gasteiger partial charge on any atom is 0.109 e. The van der Waals surface area contributed by atoms with Gasteiger partial charge in [-0.05, 0) is 25.7 Å². The molecule has 1 aromatic heterocycles. The van der Waals surface area contributed by atoms with Gasteiger partial charge in [-0.3, -0.25) is 0 Å². The van der Waals surface area contributed by atoms with E-state index in [4.69, 9.17) is 0 Å². The second kappa shape index (κ2) is 1.68. The number of hydrogen-bond acceptors (Lipinski definition) is 1. The summed E-state index contributed by atoms with van der Waals surface area (Å²) in [6.07, 6.45) is 6.19. The molecule has 0 spiro atoms. The Hall–Kier alpha value is -0.790. The number of imidazole rings is 1. The molecule has 0 saturated heterocycles. The smallest absolute Gasteiger partial charge is 0.109 e. The van der Waals surface area contributed by atoms with Crippen molar-refractivity contribution >= 4 is 0 Å². The summed E-state index contributed by atoms with van der Waals surface area (Å²) in [5, 5.41) is 0. The van der Waals surface area contributed by atoms with Crippen molar-refractivity contribution in [1.29, 1.82) is 0 Å². The van der Waals surface area contributed by atoms with Crippen LogP contribution >= 0.6 is 0 Å². The minimum atomic E-state index is 0.833. The first kappa shape index (κ1) is 5.81. The Morgan fingerprint density at radius 2 is 2.55 bits per heavy atom. The fraction of sp³-hybridized carbons (Fsp3) is 0.667. The highest BCUT2D eigenvalue weighted by Crippen LogP contribution is 2.49. The average molecular weight is 148 g/mol. The molecule has 1 aliphatic carbocycles. The topological polar surface area (TPSA) is 17.8 Å². The van der Waals surface area contributed by atoms with Crippen LogP contribution in [0.2, 0.25) is 0 Å². The average Bonchev–Trinajstić information content (AvgIpc) is 2.67. The van der Waals surface area contributed by atoms with Gasteiger partial charge >= 0.3 is 0 Å². The maximum atomic E-state index is 4.49. The van der Waals surface area contributed by atoms with E-state index in [1.165, 1.54) is 30.8 Å². The minimum absolute atomic E-state index is 0.833. The Labute approximate surface area is 66.2 Å². The van der Waals surface area contributed by atoms with Gasteiger partial charge < -0.3 is 4.57 Å². The molecule has 58 valence electrons. The second-order valence-electron chi connectivity index (χ2n) is 3.81. The lowest BCUT2D eigenvalue weighted by molar-refractivity contribution is 0.528. The van der Waals surface area contributed by atoms with Gasteiger partial charge in [0.1, 0.15) is 5.82 Å². The summed E-state index contributed by atoms with van der Waals surface area (Å²) in [5.41, 5.74) is 1.19. The van der Waals surface area contributed by atoms with Crippen molar-refractivity contribution in [3.63, 3.8) is 0 Å². The second-order valence-corrected chi connectivity index (χ2v) is 3.81. The Balaban J connectivity index is 2.14. The van der Waals surface area contributed by atoms with Gasteiger partial charge in [0.15, 0.2) is 0 Å². The van der Waals surface area contributed by atoms with Gasteiger partial charge in [0.25, 0.3) is 0 Å². The molecule has 0 amide bonds. The Morgan fingerprint density at radius 1 is 1.64 bits per heavy atom. The Kier molecular flexibility index (Phi) is 0.888. The maximum absolute atomic E-state index is 4.49. The van der Waals surface area contributed by atoms with Crippen LogP contribution in [0.25, 0.3) is 0 Å². The molecule has 2 atom stereocenters. The molecule has 1 aromatic rings. The van der Waals surface area contributed by atoms with Gasteiger partial charge in [0, 0.05) is 18.7 Å². The van der Waals surface area contributed by atoms with Crippen LogP contribution in [0.15, 0.2) is 6.20 Å². The summed E-state index contributed by atoms with van der Waals surface area (Å²) in [6.45, 7) is 2.09. The minimum Gasteiger partial charge on any atom is -0.331 e. The normalized spacial score (nSPS) is 32.8. The summed E-state index contributed by atoms with van der Waals surface area (Å²) in [5.74, 6) is 2.32. The van der Waals surface area contributed by atoms with Gasteiger partial charge in [-0.25, -0.2) is 4.98 Å². The van der Waals surface area contributed by atoms with Crippen LogP contribution in [0.3, 0.4) is 0 Å². The first-order valence-corrected chi connectivity index (χ1v) is 4.39. The van der Waals surface area contributed by atoms with Crippen molar-refractivity contribution < 1.29 is 0 Å². The highest BCUT2D eigenvalue weighted by Gasteiger charge is 2.42. The number of nitrogens with zero attached hydrogens (tertiary/aromatic N) is 2. The van der Waals surface area contributed by atoms with E-state index in [2.05, 4.69) is 22.7 Å². The summed E-state index contributed by atoms with van der Waals surface area (Å²) in [4.78, 5) is 4.49. The molecule has 0 bridgehead atoms. The predicted molar refractivity (Wildman–Crippen MR) is 42.4 cm³/mol. The lowest BCUT2D eigenvalue weighted by Crippen LogP contribution is -2.08. The number of rotatable bonds is 0. The molecule has 2 heterocycles. The van der Waals surface area contributed by atoms with E-state index >= 15 is 0 Å². The standard InChI is InChI=1S/C9H12N2/c1-6-5-11-8-4-7(8)2-3-9(11)10-6/h5,7-8H,2-4H2,1H3. The third-order valence-electron chi connectivity index (χ3n) is 2.91. The summed E-state index contributed by atoms with van der Waals surface area (Å²) < 4.78 is 2.39. The lowest BCUT2D eigenvalue weighted by Gasteiger charge is -2.11. The van der Waals surface area contributed by atoms with Gasteiger partial charge in [-0.15, -0.1) is 0 Å². The van der Waals surface area contributed by atoms with E-state index < -0.39 is 0 Å². The molecule has 2 aliphatic rings. The molecular formula is C9H12N2. The molecular weight excluding hydrogens is 136 g/mol. The Bertz CT molecular complexity index is 301. The SMILES string of the molecule is Cc1cn2c(n1)CCC1CC12. The van der Waals surface area contributed by atoms with Crippen LogP contribution in [-0.2, 0) is 6.42 Å². The van der Waals surface area contributed by atoms with Crippen molar-refractivity contribution in [1.82, 2.24) is 9.55 Å². The lowest BCUT2D eigenvalue weighted by atomic mass is 10.1.